The van der Waals surface area contributed by atoms with Gasteiger partial charge in [-0.1, -0.05) is 0 Å². The smallest absolute Gasteiger partial charge is 0.272 e. The minimum absolute atomic E-state index is 0.0329. The van der Waals surface area contributed by atoms with Crippen molar-refractivity contribution in [3.8, 4) is 11.1 Å². The van der Waals surface area contributed by atoms with Crippen molar-refractivity contribution in [1.29, 1.82) is 0 Å². The molecule has 0 aliphatic carbocycles. The second-order valence-electron chi connectivity index (χ2n) is 6.09. The Balaban J connectivity index is 1.74. The number of nitrogens with two attached hydrogens (primary N) is 1. The molecule has 1 aliphatic rings. The molecule has 7 nitrogen and oxygen atoms in total. The molecule has 3 aromatic heterocycles. The maximum absolute atomic E-state index is 12.8. The van der Waals surface area contributed by atoms with Crippen molar-refractivity contribution in [3.05, 3.63) is 48.2 Å². The van der Waals surface area contributed by atoms with Gasteiger partial charge in [0.25, 0.3) is 5.91 Å². The summed E-state index contributed by atoms with van der Waals surface area (Å²) in [6, 6.07) is 5.74. The first-order valence-corrected chi connectivity index (χ1v) is 8.20. The lowest BCUT2D eigenvalue weighted by Crippen LogP contribution is -2.41. The number of pyridine rings is 2. The standard InChI is InChI=1S/C18H19N5O2/c1-12-15(19)8-14(9-20-12)13-2-3-17-21-10-16(23(17)11-13)18(24)22-4-6-25-7-5-22/h2-3,8-11H,4-7,19H2,1H3. The van der Waals surface area contributed by atoms with Gasteiger partial charge in [0.15, 0.2) is 0 Å². The Hall–Kier alpha value is -2.93. The van der Waals surface area contributed by atoms with Crippen molar-refractivity contribution in [2.24, 2.45) is 0 Å². The molecule has 0 spiro atoms. The van der Waals surface area contributed by atoms with Crippen molar-refractivity contribution >= 4 is 17.2 Å². The van der Waals surface area contributed by atoms with E-state index in [1.165, 1.54) is 0 Å². The van der Waals surface area contributed by atoms with Gasteiger partial charge in [-0.05, 0) is 25.1 Å². The molecule has 3 aromatic rings. The summed E-state index contributed by atoms with van der Waals surface area (Å²) in [5, 5.41) is 0. The number of hydrogen-bond acceptors (Lipinski definition) is 5. The molecular formula is C18H19N5O2. The van der Waals surface area contributed by atoms with Crippen LogP contribution in [0.3, 0.4) is 0 Å². The van der Waals surface area contributed by atoms with Gasteiger partial charge in [0, 0.05) is 36.6 Å². The molecule has 0 saturated carbocycles. The number of rotatable bonds is 2. The van der Waals surface area contributed by atoms with Gasteiger partial charge in [0.1, 0.15) is 11.3 Å². The van der Waals surface area contributed by atoms with Crippen LogP contribution in [0.4, 0.5) is 5.69 Å². The summed E-state index contributed by atoms with van der Waals surface area (Å²) < 4.78 is 7.14. The summed E-state index contributed by atoms with van der Waals surface area (Å²) in [6.45, 7) is 4.22. The monoisotopic (exact) mass is 337 g/mol. The number of carbonyl (C=O) groups is 1. The number of ether oxygens (including phenoxy) is 1. The van der Waals surface area contributed by atoms with Crippen molar-refractivity contribution in [3.63, 3.8) is 0 Å². The zero-order valence-corrected chi connectivity index (χ0v) is 14.0. The molecule has 0 unspecified atom stereocenters. The van der Waals surface area contributed by atoms with Crippen molar-refractivity contribution in [2.75, 3.05) is 32.0 Å². The van der Waals surface area contributed by atoms with Gasteiger partial charge in [-0.25, -0.2) is 4.98 Å². The number of anilines is 1. The molecule has 1 fully saturated rings. The predicted octanol–water partition coefficient (Wildman–Crippen LogP) is 1.76. The number of carbonyl (C=O) groups excluding carboxylic acids is 1. The molecule has 4 heterocycles. The highest BCUT2D eigenvalue weighted by atomic mass is 16.5. The van der Waals surface area contributed by atoms with Crippen LogP contribution in [0.25, 0.3) is 16.8 Å². The first-order valence-electron chi connectivity index (χ1n) is 8.20. The topological polar surface area (TPSA) is 85.8 Å². The maximum Gasteiger partial charge on any atom is 0.272 e. The van der Waals surface area contributed by atoms with E-state index in [2.05, 4.69) is 9.97 Å². The summed E-state index contributed by atoms with van der Waals surface area (Å²) in [5.74, 6) is -0.0329. The summed E-state index contributed by atoms with van der Waals surface area (Å²) >= 11 is 0. The Morgan fingerprint density at radius 2 is 1.96 bits per heavy atom. The van der Waals surface area contributed by atoms with E-state index in [9.17, 15) is 4.79 Å². The van der Waals surface area contributed by atoms with Crippen molar-refractivity contribution < 1.29 is 9.53 Å². The molecule has 7 heteroatoms. The van der Waals surface area contributed by atoms with Crippen LogP contribution < -0.4 is 5.73 Å². The molecule has 0 atom stereocenters. The highest BCUT2D eigenvalue weighted by Crippen LogP contribution is 2.23. The van der Waals surface area contributed by atoms with Crippen LogP contribution in [-0.2, 0) is 4.74 Å². The van der Waals surface area contributed by atoms with Gasteiger partial charge in [-0.3, -0.25) is 14.2 Å². The van der Waals surface area contributed by atoms with Gasteiger partial charge < -0.3 is 15.4 Å². The molecule has 1 saturated heterocycles. The normalized spacial score (nSPS) is 14.8. The minimum Gasteiger partial charge on any atom is -0.397 e. The number of nitrogen functional groups attached to an aromatic ring is 1. The van der Waals surface area contributed by atoms with E-state index >= 15 is 0 Å². The van der Waals surface area contributed by atoms with Crippen LogP contribution in [0.1, 0.15) is 16.2 Å². The Bertz CT molecular complexity index is 944. The number of aryl methyl sites for hydroxylation is 1. The second kappa shape index (κ2) is 6.18. The van der Waals surface area contributed by atoms with Crippen molar-refractivity contribution in [1.82, 2.24) is 19.3 Å². The molecule has 1 aliphatic heterocycles. The Kier molecular flexibility index (Phi) is 3.85. The number of nitrogens with zero attached hydrogens (tertiary/aromatic N) is 4. The molecule has 4 rings (SSSR count). The van der Waals surface area contributed by atoms with E-state index in [0.29, 0.717) is 37.7 Å². The lowest BCUT2D eigenvalue weighted by atomic mass is 10.1. The number of amides is 1. The number of hydrogen-bond donors (Lipinski definition) is 1. The fourth-order valence-electron chi connectivity index (χ4n) is 2.95. The van der Waals surface area contributed by atoms with E-state index in [-0.39, 0.29) is 5.91 Å². The zero-order chi connectivity index (χ0) is 17.4. The summed E-state index contributed by atoms with van der Waals surface area (Å²) in [7, 11) is 0. The molecule has 1 amide bonds. The predicted molar refractivity (Wildman–Crippen MR) is 94.3 cm³/mol. The maximum atomic E-state index is 12.8. The van der Waals surface area contributed by atoms with Crippen LogP contribution in [0.15, 0.2) is 36.8 Å². The molecule has 0 aromatic carbocycles. The Morgan fingerprint density at radius 1 is 1.16 bits per heavy atom. The van der Waals surface area contributed by atoms with Gasteiger partial charge in [0.05, 0.1) is 30.8 Å². The number of morpholine rings is 1. The SMILES string of the molecule is Cc1ncc(-c2ccc3ncc(C(=O)N4CCOCC4)n3c2)cc1N. The Labute approximate surface area is 145 Å². The van der Waals surface area contributed by atoms with Crippen LogP contribution in [0, 0.1) is 6.92 Å². The van der Waals surface area contributed by atoms with Gasteiger partial charge in [-0.15, -0.1) is 0 Å². The van der Waals surface area contributed by atoms with E-state index in [0.717, 1.165) is 22.5 Å². The average Bonchev–Trinajstić information content (AvgIpc) is 3.07. The number of aromatic nitrogens is 3. The summed E-state index contributed by atoms with van der Waals surface area (Å²) in [4.78, 5) is 23.3. The second-order valence-corrected chi connectivity index (χ2v) is 6.09. The van der Waals surface area contributed by atoms with E-state index in [1.54, 1.807) is 17.3 Å². The third-order valence-electron chi connectivity index (χ3n) is 4.48. The highest BCUT2D eigenvalue weighted by Gasteiger charge is 2.21. The first kappa shape index (κ1) is 15.6. The highest BCUT2D eigenvalue weighted by molar-refractivity contribution is 5.93. The molecule has 25 heavy (non-hydrogen) atoms. The van der Waals surface area contributed by atoms with E-state index < -0.39 is 0 Å². The van der Waals surface area contributed by atoms with Gasteiger partial charge >= 0.3 is 0 Å². The minimum atomic E-state index is -0.0329. The van der Waals surface area contributed by atoms with Crippen LogP contribution in [0.5, 0.6) is 0 Å². The third kappa shape index (κ3) is 2.83. The summed E-state index contributed by atoms with van der Waals surface area (Å²) in [6.07, 6.45) is 5.31. The average molecular weight is 337 g/mol. The molecule has 2 N–H and O–H groups in total. The van der Waals surface area contributed by atoms with Gasteiger partial charge in [0.2, 0.25) is 0 Å². The van der Waals surface area contributed by atoms with E-state index in [4.69, 9.17) is 10.5 Å². The summed E-state index contributed by atoms with van der Waals surface area (Å²) in [5.41, 5.74) is 10.5. The quantitative estimate of drug-likeness (QED) is 0.770. The van der Waals surface area contributed by atoms with Crippen LogP contribution in [0.2, 0.25) is 0 Å². The fourth-order valence-corrected chi connectivity index (χ4v) is 2.95. The first-order chi connectivity index (χ1) is 12.1. The Morgan fingerprint density at radius 3 is 2.72 bits per heavy atom. The molecular weight excluding hydrogens is 318 g/mol. The lowest BCUT2D eigenvalue weighted by Gasteiger charge is -2.26. The van der Waals surface area contributed by atoms with Crippen LogP contribution >= 0.6 is 0 Å². The van der Waals surface area contributed by atoms with Gasteiger partial charge in [-0.2, -0.15) is 0 Å². The largest absolute Gasteiger partial charge is 0.397 e. The molecule has 0 radical (unpaired) electrons. The third-order valence-corrected chi connectivity index (χ3v) is 4.48. The van der Waals surface area contributed by atoms with E-state index in [1.807, 2.05) is 35.7 Å². The van der Waals surface area contributed by atoms with Crippen LogP contribution in [-0.4, -0.2) is 51.5 Å². The zero-order valence-electron chi connectivity index (χ0n) is 14.0. The van der Waals surface area contributed by atoms with Crippen molar-refractivity contribution in [2.45, 2.75) is 6.92 Å². The number of imidazole rings is 1. The molecule has 0 bridgehead atoms. The lowest BCUT2D eigenvalue weighted by molar-refractivity contribution is 0.0298. The fraction of sp³-hybridized carbons (Fsp3) is 0.278. The molecule has 128 valence electrons. The number of fused-ring (bicyclic) bond motifs is 1.